The van der Waals surface area contributed by atoms with E-state index in [0.29, 0.717) is 10.2 Å². The first kappa shape index (κ1) is 13.0. The molecule has 1 heterocycles. The molecule has 3 rings (SSSR count). The first-order valence-corrected chi connectivity index (χ1v) is 6.35. The van der Waals surface area contributed by atoms with Crippen LogP contribution in [0.4, 0.5) is 19.1 Å². The van der Waals surface area contributed by atoms with Crippen molar-refractivity contribution in [3.8, 4) is 5.69 Å². The number of nitrogen functional groups attached to an aromatic ring is 1. The van der Waals surface area contributed by atoms with E-state index in [9.17, 15) is 13.2 Å². The molecule has 3 nitrogen and oxygen atoms in total. The minimum atomic E-state index is -1.05. The van der Waals surface area contributed by atoms with Gasteiger partial charge in [0.2, 0.25) is 5.95 Å². The molecule has 0 spiro atoms. The Morgan fingerprint density at radius 1 is 1.10 bits per heavy atom. The van der Waals surface area contributed by atoms with Gasteiger partial charge in [-0.05, 0) is 46.3 Å². The molecule has 0 aliphatic carbocycles. The first-order valence-electron chi connectivity index (χ1n) is 5.56. The van der Waals surface area contributed by atoms with E-state index in [0.717, 1.165) is 6.07 Å². The quantitative estimate of drug-likeness (QED) is 0.731. The van der Waals surface area contributed by atoms with Gasteiger partial charge < -0.3 is 5.73 Å². The second kappa shape index (κ2) is 4.52. The summed E-state index contributed by atoms with van der Waals surface area (Å²) in [6, 6.07) is 6.12. The Labute approximate surface area is 120 Å². The van der Waals surface area contributed by atoms with Crippen LogP contribution in [0.25, 0.3) is 16.7 Å². The zero-order valence-electron chi connectivity index (χ0n) is 9.87. The predicted molar refractivity (Wildman–Crippen MR) is 73.1 cm³/mol. The lowest BCUT2D eigenvalue weighted by molar-refractivity contribution is 0.514. The van der Waals surface area contributed by atoms with Crippen LogP contribution in [0.5, 0.6) is 0 Å². The largest absolute Gasteiger partial charge is 0.369 e. The molecule has 0 saturated carbocycles. The number of nitrogens with two attached hydrogens (primary N) is 1. The van der Waals surface area contributed by atoms with Crippen LogP contribution in [-0.2, 0) is 0 Å². The van der Waals surface area contributed by atoms with Gasteiger partial charge in [0.25, 0.3) is 0 Å². The van der Waals surface area contributed by atoms with E-state index in [-0.39, 0.29) is 17.0 Å². The monoisotopic (exact) mass is 341 g/mol. The van der Waals surface area contributed by atoms with Gasteiger partial charge >= 0.3 is 0 Å². The highest BCUT2D eigenvalue weighted by atomic mass is 79.9. The molecule has 0 aliphatic heterocycles. The lowest BCUT2D eigenvalue weighted by Crippen LogP contribution is -2.03. The number of benzene rings is 2. The Morgan fingerprint density at radius 3 is 2.55 bits per heavy atom. The molecule has 0 aliphatic rings. The number of hydrogen-bond acceptors (Lipinski definition) is 2. The highest BCUT2D eigenvalue weighted by Crippen LogP contribution is 2.30. The zero-order valence-corrected chi connectivity index (χ0v) is 11.5. The molecule has 20 heavy (non-hydrogen) atoms. The van der Waals surface area contributed by atoms with Gasteiger partial charge in [-0.25, -0.2) is 18.2 Å². The van der Waals surface area contributed by atoms with Crippen LogP contribution in [0.15, 0.2) is 34.8 Å². The maximum absolute atomic E-state index is 14.0. The van der Waals surface area contributed by atoms with Gasteiger partial charge in [-0.3, -0.25) is 4.57 Å². The summed E-state index contributed by atoms with van der Waals surface area (Å²) in [5.41, 5.74) is 6.26. The van der Waals surface area contributed by atoms with E-state index < -0.39 is 17.5 Å². The Hall–Kier alpha value is -2.02. The minimum Gasteiger partial charge on any atom is -0.369 e. The first-order chi connectivity index (χ1) is 9.49. The summed E-state index contributed by atoms with van der Waals surface area (Å²) >= 11 is 3.17. The summed E-state index contributed by atoms with van der Waals surface area (Å²) in [6.07, 6.45) is 0. The molecule has 0 radical (unpaired) electrons. The topological polar surface area (TPSA) is 43.8 Å². The summed E-state index contributed by atoms with van der Waals surface area (Å²) in [5.74, 6) is -2.54. The Bertz CT molecular complexity index is 829. The van der Waals surface area contributed by atoms with E-state index in [1.54, 1.807) is 0 Å². The summed E-state index contributed by atoms with van der Waals surface area (Å²) in [6.45, 7) is 0. The predicted octanol–water partition coefficient (Wildman–Crippen LogP) is 3.79. The van der Waals surface area contributed by atoms with Crippen molar-refractivity contribution in [3.05, 3.63) is 52.3 Å². The van der Waals surface area contributed by atoms with Crippen molar-refractivity contribution in [2.24, 2.45) is 0 Å². The van der Waals surface area contributed by atoms with Crippen molar-refractivity contribution in [1.29, 1.82) is 0 Å². The van der Waals surface area contributed by atoms with Gasteiger partial charge in [-0.1, -0.05) is 0 Å². The lowest BCUT2D eigenvalue weighted by Gasteiger charge is -2.09. The molecule has 0 saturated heterocycles. The Kier molecular flexibility index (Phi) is 2.93. The number of imidazole rings is 1. The number of nitrogens with zero attached hydrogens (tertiary/aromatic N) is 2. The number of halogens is 4. The number of aromatic nitrogens is 2. The van der Waals surface area contributed by atoms with Gasteiger partial charge in [0.05, 0.1) is 11.2 Å². The average Bonchev–Trinajstić information content (AvgIpc) is 2.72. The molecule has 0 amide bonds. The Balaban J connectivity index is 2.41. The van der Waals surface area contributed by atoms with Crippen LogP contribution < -0.4 is 5.73 Å². The Morgan fingerprint density at radius 2 is 1.85 bits per heavy atom. The fourth-order valence-corrected chi connectivity index (χ4v) is 2.56. The summed E-state index contributed by atoms with van der Waals surface area (Å²) in [5, 5.41) is 0. The maximum Gasteiger partial charge on any atom is 0.206 e. The molecule has 3 aromatic rings. The van der Waals surface area contributed by atoms with Crippen LogP contribution in [0.3, 0.4) is 0 Å². The molecule has 2 aromatic carbocycles. The zero-order chi connectivity index (χ0) is 14.4. The van der Waals surface area contributed by atoms with Crippen molar-refractivity contribution in [1.82, 2.24) is 9.55 Å². The van der Waals surface area contributed by atoms with Gasteiger partial charge in [-0.15, -0.1) is 0 Å². The average molecular weight is 342 g/mol. The van der Waals surface area contributed by atoms with E-state index in [1.165, 1.54) is 28.8 Å². The van der Waals surface area contributed by atoms with Crippen LogP contribution in [0, 0.1) is 17.5 Å². The van der Waals surface area contributed by atoms with Crippen molar-refractivity contribution >= 4 is 32.9 Å². The molecule has 0 unspecified atom stereocenters. The second-order valence-corrected chi connectivity index (χ2v) is 4.98. The molecule has 0 atom stereocenters. The van der Waals surface area contributed by atoms with Crippen molar-refractivity contribution in [2.45, 2.75) is 0 Å². The van der Waals surface area contributed by atoms with Gasteiger partial charge in [0, 0.05) is 4.47 Å². The van der Waals surface area contributed by atoms with E-state index >= 15 is 0 Å². The molecule has 102 valence electrons. The third kappa shape index (κ3) is 1.85. The molecule has 0 bridgehead atoms. The van der Waals surface area contributed by atoms with E-state index in [4.69, 9.17) is 5.73 Å². The molecule has 1 aromatic heterocycles. The third-order valence-corrected chi connectivity index (χ3v) is 3.52. The SMILES string of the molecule is Nc1nc2ccc(F)c(F)c2n1-c1ccc(F)cc1Br. The van der Waals surface area contributed by atoms with Crippen LogP contribution >= 0.6 is 15.9 Å². The number of anilines is 1. The van der Waals surface area contributed by atoms with E-state index in [1.807, 2.05) is 0 Å². The highest BCUT2D eigenvalue weighted by molar-refractivity contribution is 9.10. The standard InChI is InChI=1S/C13H7BrF3N3/c14-7-5-6(15)1-4-10(7)20-12-9(19-13(20)18)3-2-8(16)11(12)17/h1-5H,(H2,18,19). The van der Waals surface area contributed by atoms with Crippen molar-refractivity contribution in [3.63, 3.8) is 0 Å². The third-order valence-electron chi connectivity index (χ3n) is 2.89. The van der Waals surface area contributed by atoms with Crippen molar-refractivity contribution < 1.29 is 13.2 Å². The summed E-state index contributed by atoms with van der Waals surface area (Å²) < 4.78 is 42.1. The molecule has 2 N–H and O–H groups in total. The van der Waals surface area contributed by atoms with Gasteiger partial charge in [-0.2, -0.15) is 0 Å². The second-order valence-electron chi connectivity index (χ2n) is 4.13. The number of hydrogen-bond donors (Lipinski definition) is 1. The normalized spacial score (nSPS) is 11.2. The molecular formula is C13H7BrF3N3. The number of rotatable bonds is 1. The van der Waals surface area contributed by atoms with Gasteiger partial charge in [0.15, 0.2) is 11.6 Å². The molecule has 0 fully saturated rings. The maximum atomic E-state index is 14.0. The molecular weight excluding hydrogens is 335 g/mol. The smallest absolute Gasteiger partial charge is 0.206 e. The van der Waals surface area contributed by atoms with E-state index in [2.05, 4.69) is 20.9 Å². The number of fused-ring (bicyclic) bond motifs is 1. The highest BCUT2D eigenvalue weighted by Gasteiger charge is 2.18. The van der Waals surface area contributed by atoms with Crippen molar-refractivity contribution in [2.75, 3.05) is 5.73 Å². The van der Waals surface area contributed by atoms with Crippen LogP contribution in [0.2, 0.25) is 0 Å². The fraction of sp³-hybridized carbons (Fsp3) is 0. The van der Waals surface area contributed by atoms with Crippen LogP contribution in [0.1, 0.15) is 0 Å². The van der Waals surface area contributed by atoms with Gasteiger partial charge in [0.1, 0.15) is 11.3 Å². The lowest BCUT2D eigenvalue weighted by atomic mass is 10.2. The molecule has 7 heteroatoms. The summed E-state index contributed by atoms with van der Waals surface area (Å²) in [4.78, 5) is 3.97. The minimum absolute atomic E-state index is 0.0168. The fourth-order valence-electron chi connectivity index (χ4n) is 2.03. The van der Waals surface area contributed by atoms with Crippen LogP contribution in [-0.4, -0.2) is 9.55 Å². The summed E-state index contributed by atoms with van der Waals surface area (Å²) in [7, 11) is 0.